The van der Waals surface area contributed by atoms with E-state index in [2.05, 4.69) is 14.8 Å². The van der Waals surface area contributed by atoms with Gasteiger partial charge in [-0.2, -0.15) is 9.47 Å². The Morgan fingerprint density at radius 3 is 2.86 bits per heavy atom. The molecular weight excluding hydrogens is 310 g/mol. The second-order valence-electron chi connectivity index (χ2n) is 4.75. The van der Waals surface area contributed by atoms with E-state index in [1.165, 1.54) is 0 Å². The van der Waals surface area contributed by atoms with Crippen LogP contribution in [-0.4, -0.2) is 34.9 Å². The first-order valence-electron chi connectivity index (χ1n) is 6.65. The summed E-state index contributed by atoms with van der Waals surface area (Å²) in [6, 6.07) is 0. The normalized spacial score (nSPS) is 11.7. The molecule has 2 aromatic heterocycles. The largest absolute Gasteiger partial charge is 0.382 e. The highest BCUT2D eigenvalue weighted by Crippen LogP contribution is 2.32. The molecule has 0 aliphatic rings. The molecule has 0 unspecified atom stereocenters. The minimum atomic E-state index is -3.38. The summed E-state index contributed by atoms with van der Waals surface area (Å²) in [5.74, 6) is 0.147. The van der Waals surface area contributed by atoms with E-state index >= 15 is 0 Å². The summed E-state index contributed by atoms with van der Waals surface area (Å²) in [6.45, 7) is 4.98. The van der Waals surface area contributed by atoms with Gasteiger partial charge >= 0.3 is 0 Å². The van der Waals surface area contributed by atoms with Gasteiger partial charge in [-0.15, -0.1) is 0 Å². The van der Waals surface area contributed by atoms with Crippen LogP contribution in [0.3, 0.4) is 0 Å². The Balaban J connectivity index is 2.07. The fourth-order valence-corrected chi connectivity index (χ4v) is 4.60. The number of anilines is 2. The Hall–Kier alpha value is -1.61. The molecule has 0 aliphatic heterocycles. The zero-order valence-corrected chi connectivity index (χ0v) is 13.7. The number of aromatic nitrogens is 3. The van der Waals surface area contributed by atoms with Crippen molar-refractivity contribution in [1.29, 1.82) is 0 Å². The third-order valence-corrected chi connectivity index (χ3v) is 5.78. The highest BCUT2D eigenvalue weighted by Gasteiger charge is 2.24. The molecule has 0 amide bonds. The Bertz CT molecular complexity index is 705. The van der Waals surface area contributed by atoms with Crippen LogP contribution in [0, 0.1) is 6.92 Å². The molecule has 2 aromatic rings. The third kappa shape index (κ3) is 3.73. The first kappa shape index (κ1) is 15.8. The Morgan fingerprint density at radius 1 is 1.48 bits per heavy atom. The van der Waals surface area contributed by atoms with Crippen LogP contribution >= 0.6 is 11.5 Å². The van der Waals surface area contributed by atoms with Crippen LogP contribution in [-0.2, 0) is 16.4 Å². The molecule has 2 heterocycles. The van der Waals surface area contributed by atoms with Gasteiger partial charge in [-0.1, -0.05) is 6.92 Å². The maximum absolute atomic E-state index is 12.2. The number of nitrogen functional groups attached to an aromatic ring is 1. The van der Waals surface area contributed by atoms with Crippen LogP contribution in [0.2, 0.25) is 0 Å². The summed E-state index contributed by atoms with van der Waals surface area (Å²) in [7, 11) is -3.38. The maximum atomic E-state index is 12.2. The van der Waals surface area contributed by atoms with Gasteiger partial charge in [0.05, 0.1) is 18.5 Å². The molecule has 0 aliphatic carbocycles. The molecular formula is C12H19N5O2S2. The van der Waals surface area contributed by atoms with Gasteiger partial charge in [0.1, 0.15) is 9.90 Å². The summed E-state index contributed by atoms with van der Waals surface area (Å²) in [6.07, 6.45) is 4.25. The molecule has 9 heteroatoms. The number of rotatable bonds is 7. The zero-order chi connectivity index (χ0) is 15.5. The lowest BCUT2D eigenvalue weighted by Crippen LogP contribution is -2.14. The van der Waals surface area contributed by atoms with Crippen molar-refractivity contribution in [2.75, 3.05) is 23.3 Å². The van der Waals surface area contributed by atoms with Crippen LogP contribution in [0.5, 0.6) is 0 Å². The lowest BCUT2D eigenvalue weighted by molar-refractivity contribution is 0.595. The molecule has 0 saturated heterocycles. The van der Waals surface area contributed by atoms with Gasteiger partial charge < -0.3 is 11.1 Å². The number of nitrogens with one attached hydrogen (secondary N) is 1. The van der Waals surface area contributed by atoms with Crippen LogP contribution in [0.15, 0.2) is 17.3 Å². The minimum Gasteiger partial charge on any atom is -0.382 e. The van der Waals surface area contributed by atoms with Crippen LogP contribution in [0.4, 0.5) is 10.8 Å². The Morgan fingerprint density at radius 2 is 2.24 bits per heavy atom. The highest BCUT2D eigenvalue weighted by atomic mass is 32.2. The summed E-state index contributed by atoms with van der Waals surface area (Å²) in [5.41, 5.74) is 6.79. The molecule has 21 heavy (non-hydrogen) atoms. The second-order valence-corrected chi connectivity index (χ2v) is 7.57. The molecule has 0 aromatic carbocycles. The molecule has 0 spiro atoms. The van der Waals surface area contributed by atoms with Gasteiger partial charge in [0.15, 0.2) is 15.7 Å². The van der Waals surface area contributed by atoms with Crippen LogP contribution in [0.25, 0.3) is 0 Å². The van der Waals surface area contributed by atoms with Crippen LogP contribution in [0.1, 0.15) is 18.9 Å². The molecule has 0 saturated carbocycles. The topological polar surface area (TPSA) is 103 Å². The summed E-state index contributed by atoms with van der Waals surface area (Å²) in [5, 5.41) is 7.77. The number of sulfone groups is 1. The van der Waals surface area contributed by atoms with Crippen LogP contribution < -0.4 is 11.1 Å². The van der Waals surface area contributed by atoms with E-state index in [0.717, 1.165) is 17.1 Å². The third-order valence-electron chi connectivity index (χ3n) is 2.85. The number of aryl methyl sites for hydroxylation is 1. The van der Waals surface area contributed by atoms with Crippen molar-refractivity contribution in [3.63, 3.8) is 0 Å². The highest BCUT2D eigenvalue weighted by molar-refractivity contribution is 7.91. The number of hydrogen-bond acceptors (Lipinski definition) is 7. The van der Waals surface area contributed by atoms with Crippen molar-refractivity contribution in [2.45, 2.75) is 31.7 Å². The Labute approximate surface area is 128 Å². The molecule has 0 atom stereocenters. The lowest BCUT2D eigenvalue weighted by Gasteiger charge is -2.07. The molecule has 2 rings (SSSR count). The van der Waals surface area contributed by atoms with Gasteiger partial charge in [-0.05, 0) is 30.4 Å². The van der Waals surface area contributed by atoms with Gasteiger partial charge in [0, 0.05) is 12.7 Å². The van der Waals surface area contributed by atoms with E-state index < -0.39 is 9.84 Å². The number of nitrogens with two attached hydrogens (primary N) is 1. The molecule has 0 fully saturated rings. The summed E-state index contributed by atoms with van der Waals surface area (Å²) >= 11 is 1.07. The molecule has 7 nitrogen and oxygen atoms in total. The smallest absolute Gasteiger partial charge is 0.185 e. The predicted octanol–water partition coefficient (Wildman–Crippen LogP) is 1.53. The minimum absolute atomic E-state index is 0.0721. The number of nitrogens with zero attached hydrogens (tertiary/aromatic N) is 3. The summed E-state index contributed by atoms with van der Waals surface area (Å²) < 4.78 is 30.1. The van der Waals surface area contributed by atoms with E-state index in [4.69, 9.17) is 5.73 Å². The first-order valence-corrected chi connectivity index (χ1v) is 9.07. The predicted molar refractivity (Wildman–Crippen MR) is 84.3 cm³/mol. The Kier molecular flexibility index (Phi) is 4.84. The van der Waals surface area contributed by atoms with Crippen molar-refractivity contribution in [2.24, 2.45) is 0 Å². The van der Waals surface area contributed by atoms with E-state index in [-0.39, 0.29) is 16.5 Å². The zero-order valence-electron chi connectivity index (χ0n) is 12.0. The fraction of sp³-hybridized carbons (Fsp3) is 0.500. The van der Waals surface area contributed by atoms with Crippen molar-refractivity contribution < 1.29 is 8.42 Å². The van der Waals surface area contributed by atoms with E-state index in [9.17, 15) is 8.42 Å². The lowest BCUT2D eigenvalue weighted by atomic mass is 10.4. The summed E-state index contributed by atoms with van der Waals surface area (Å²) in [4.78, 5) is 0.131. The monoisotopic (exact) mass is 329 g/mol. The van der Waals surface area contributed by atoms with Gasteiger partial charge in [-0.3, -0.25) is 4.68 Å². The molecule has 116 valence electrons. The SMILES string of the molecule is CCCS(=O)(=O)c1c(N)nsc1NCCn1cc(C)cn1. The van der Waals surface area contributed by atoms with Crippen molar-refractivity contribution in [1.82, 2.24) is 14.2 Å². The average molecular weight is 329 g/mol. The standard InChI is InChI=1S/C12H19N5O2S2/c1-3-6-21(18,19)10-11(13)16-20-12(10)14-4-5-17-8-9(2)7-15-17/h7-8,14H,3-6H2,1-2H3,(H2,13,16). The molecule has 3 N–H and O–H groups in total. The fourth-order valence-electron chi connectivity index (χ4n) is 1.95. The van der Waals surface area contributed by atoms with E-state index in [1.807, 2.05) is 20.0 Å². The average Bonchev–Trinajstić information content (AvgIpc) is 2.96. The van der Waals surface area contributed by atoms with E-state index in [1.54, 1.807) is 10.9 Å². The quantitative estimate of drug-likeness (QED) is 0.798. The van der Waals surface area contributed by atoms with Gasteiger partial charge in [0.25, 0.3) is 0 Å². The molecule has 0 bridgehead atoms. The molecule has 0 radical (unpaired) electrons. The van der Waals surface area contributed by atoms with Crippen molar-refractivity contribution in [3.05, 3.63) is 18.0 Å². The number of hydrogen-bond donors (Lipinski definition) is 2. The van der Waals surface area contributed by atoms with Crippen molar-refractivity contribution in [3.8, 4) is 0 Å². The maximum Gasteiger partial charge on any atom is 0.185 e. The van der Waals surface area contributed by atoms with Gasteiger partial charge in [0.2, 0.25) is 0 Å². The first-order chi connectivity index (χ1) is 9.94. The van der Waals surface area contributed by atoms with E-state index in [0.29, 0.717) is 24.5 Å². The van der Waals surface area contributed by atoms with Gasteiger partial charge in [-0.25, -0.2) is 8.42 Å². The van der Waals surface area contributed by atoms with Crippen molar-refractivity contribution >= 4 is 32.2 Å². The second kappa shape index (κ2) is 6.44.